The molecule has 5 heteroatoms. The Labute approximate surface area is 119 Å². The third-order valence-electron chi connectivity index (χ3n) is 3.37. The molecule has 2 rings (SSSR count). The van der Waals surface area contributed by atoms with Crippen molar-refractivity contribution in [2.45, 2.75) is 13.3 Å². The Bertz CT molecular complexity index is 514. The molecule has 1 aliphatic heterocycles. The zero-order valence-electron chi connectivity index (χ0n) is 12.1. The summed E-state index contributed by atoms with van der Waals surface area (Å²) in [6, 6.07) is 7.43. The van der Waals surface area contributed by atoms with E-state index in [2.05, 4.69) is 0 Å². The average molecular weight is 276 g/mol. The van der Waals surface area contributed by atoms with E-state index >= 15 is 0 Å². The maximum Gasteiger partial charge on any atom is 0.227 e. The number of carbonyl (C=O) groups excluding carboxylic acids is 2. The van der Waals surface area contributed by atoms with Gasteiger partial charge >= 0.3 is 0 Å². The number of hydrogen-bond donors (Lipinski definition) is 0. The summed E-state index contributed by atoms with van der Waals surface area (Å²) in [5.41, 5.74) is 0.744. The first-order valence-corrected chi connectivity index (χ1v) is 6.78. The summed E-state index contributed by atoms with van der Waals surface area (Å²) < 4.78 is 5.55. The lowest BCUT2D eigenvalue weighted by molar-refractivity contribution is -0.133. The normalized spacial score (nSPS) is 18.2. The number of hydrogen-bond acceptors (Lipinski definition) is 3. The van der Waals surface area contributed by atoms with Crippen LogP contribution >= 0.6 is 0 Å². The van der Waals surface area contributed by atoms with Crippen molar-refractivity contribution in [3.05, 3.63) is 24.3 Å². The van der Waals surface area contributed by atoms with Gasteiger partial charge in [-0.05, 0) is 19.1 Å². The van der Waals surface area contributed by atoms with Gasteiger partial charge in [0.05, 0.1) is 18.2 Å². The predicted octanol–water partition coefficient (Wildman–Crippen LogP) is 1.53. The number of para-hydroxylation sites is 2. The van der Waals surface area contributed by atoms with Crippen LogP contribution in [0.15, 0.2) is 24.3 Å². The summed E-state index contributed by atoms with van der Waals surface area (Å²) >= 11 is 0. The van der Waals surface area contributed by atoms with Gasteiger partial charge in [-0.25, -0.2) is 0 Å². The van der Waals surface area contributed by atoms with Gasteiger partial charge in [0, 0.05) is 27.1 Å². The van der Waals surface area contributed by atoms with E-state index in [0.29, 0.717) is 18.9 Å². The van der Waals surface area contributed by atoms with E-state index in [1.165, 1.54) is 4.90 Å². The van der Waals surface area contributed by atoms with Crippen LogP contribution < -0.4 is 9.64 Å². The SMILES string of the molecule is CCOc1ccccc1N1C[C@@H](C(=O)N(C)C)CC1=O. The van der Waals surface area contributed by atoms with Crippen molar-refractivity contribution in [3.63, 3.8) is 0 Å². The Morgan fingerprint density at radius 2 is 2.10 bits per heavy atom. The van der Waals surface area contributed by atoms with E-state index < -0.39 is 0 Å². The first kappa shape index (κ1) is 14.4. The van der Waals surface area contributed by atoms with Crippen LogP contribution in [-0.4, -0.2) is 44.0 Å². The lowest BCUT2D eigenvalue weighted by Crippen LogP contribution is -2.32. The maximum absolute atomic E-state index is 12.2. The summed E-state index contributed by atoms with van der Waals surface area (Å²) in [6.45, 7) is 2.86. The molecule has 1 aromatic carbocycles. The number of anilines is 1. The minimum absolute atomic E-state index is 0.00487. The first-order valence-electron chi connectivity index (χ1n) is 6.78. The summed E-state index contributed by atoms with van der Waals surface area (Å²) in [5, 5.41) is 0. The summed E-state index contributed by atoms with van der Waals surface area (Å²) in [4.78, 5) is 27.3. The molecule has 1 atom stereocenters. The lowest BCUT2D eigenvalue weighted by Gasteiger charge is -2.20. The predicted molar refractivity (Wildman–Crippen MR) is 76.8 cm³/mol. The Morgan fingerprint density at radius 3 is 2.75 bits per heavy atom. The zero-order valence-corrected chi connectivity index (χ0v) is 12.1. The number of amides is 2. The molecule has 108 valence electrons. The van der Waals surface area contributed by atoms with Crippen molar-refractivity contribution in [1.29, 1.82) is 0 Å². The first-order chi connectivity index (χ1) is 9.54. The van der Waals surface area contributed by atoms with Crippen LogP contribution in [0.3, 0.4) is 0 Å². The monoisotopic (exact) mass is 276 g/mol. The highest BCUT2D eigenvalue weighted by Crippen LogP contribution is 2.33. The average Bonchev–Trinajstić information content (AvgIpc) is 2.80. The molecule has 0 radical (unpaired) electrons. The van der Waals surface area contributed by atoms with Crippen LogP contribution in [0, 0.1) is 5.92 Å². The highest BCUT2D eigenvalue weighted by Gasteiger charge is 2.36. The fourth-order valence-corrected chi connectivity index (χ4v) is 2.43. The number of rotatable bonds is 4. The van der Waals surface area contributed by atoms with E-state index in [1.54, 1.807) is 19.0 Å². The Morgan fingerprint density at radius 1 is 1.40 bits per heavy atom. The van der Waals surface area contributed by atoms with E-state index in [4.69, 9.17) is 4.74 Å². The molecule has 0 aromatic heterocycles. The van der Waals surface area contributed by atoms with Crippen LogP contribution in [0.2, 0.25) is 0 Å². The topological polar surface area (TPSA) is 49.9 Å². The van der Waals surface area contributed by atoms with Crippen LogP contribution in [0.5, 0.6) is 5.75 Å². The van der Waals surface area contributed by atoms with Gasteiger partial charge in [-0.15, -0.1) is 0 Å². The number of carbonyl (C=O) groups is 2. The standard InChI is InChI=1S/C15H20N2O3/c1-4-20-13-8-6-5-7-12(13)17-10-11(9-14(17)18)15(19)16(2)3/h5-8,11H,4,9-10H2,1-3H3/t11-/m0/s1. The molecule has 1 aromatic rings. The van der Waals surface area contributed by atoms with Crippen molar-refractivity contribution < 1.29 is 14.3 Å². The molecular formula is C15H20N2O3. The fourth-order valence-electron chi connectivity index (χ4n) is 2.43. The molecule has 1 saturated heterocycles. The van der Waals surface area contributed by atoms with E-state index in [9.17, 15) is 9.59 Å². The molecule has 0 bridgehead atoms. The zero-order chi connectivity index (χ0) is 14.7. The molecule has 20 heavy (non-hydrogen) atoms. The molecule has 1 aliphatic rings. The fraction of sp³-hybridized carbons (Fsp3) is 0.467. The summed E-state index contributed by atoms with van der Waals surface area (Å²) in [5.74, 6) is 0.376. The smallest absolute Gasteiger partial charge is 0.227 e. The number of ether oxygens (including phenoxy) is 1. The molecule has 1 heterocycles. The second-order valence-electron chi connectivity index (χ2n) is 5.04. The van der Waals surface area contributed by atoms with Crippen LogP contribution in [-0.2, 0) is 9.59 Å². The van der Waals surface area contributed by atoms with Gasteiger partial charge in [0.1, 0.15) is 5.75 Å². The molecule has 0 spiro atoms. The van der Waals surface area contributed by atoms with Crippen LogP contribution in [0.1, 0.15) is 13.3 Å². The maximum atomic E-state index is 12.2. The van der Waals surface area contributed by atoms with Gasteiger partial charge in [0.2, 0.25) is 11.8 Å². The van der Waals surface area contributed by atoms with Crippen molar-refractivity contribution in [2.75, 3.05) is 32.1 Å². The van der Waals surface area contributed by atoms with Crippen molar-refractivity contribution in [2.24, 2.45) is 5.92 Å². The van der Waals surface area contributed by atoms with E-state index in [-0.39, 0.29) is 24.2 Å². The van der Waals surface area contributed by atoms with Gasteiger partial charge in [-0.2, -0.15) is 0 Å². The third-order valence-corrected chi connectivity index (χ3v) is 3.37. The molecule has 0 N–H and O–H groups in total. The second kappa shape index (κ2) is 5.94. The molecule has 0 aliphatic carbocycles. The van der Waals surface area contributed by atoms with Crippen molar-refractivity contribution in [3.8, 4) is 5.75 Å². The molecule has 0 saturated carbocycles. The Balaban J connectivity index is 2.22. The van der Waals surface area contributed by atoms with E-state index in [0.717, 1.165) is 5.69 Å². The lowest BCUT2D eigenvalue weighted by atomic mass is 10.1. The summed E-state index contributed by atoms with van der Waals surface area (Å²) in [6.07, 6.45) is 0.261. The minimum atomic E-state index is -0.271. The van der Waals surface area contributed by atoms with Crippen molar-refractivity contribution in [1.82, 2.24) is 4.90 Å². The highest BCUT2D eigenvalue weighted by atomic mass is 16.5. The van der Waals surface area contributed by atoms with Gasteiger partial charge in [0.25, 0.3) is 0 Å². The molecule has 2 amide bonds. The Kier molecular flexibility index (Phi) is 4.27. The molecule has 1 fully saturated rings. The quantitative estimate of drug-likeness (QED) is 0.838. The van der Waals surface area contributed by atoms with Gasteiger partial charge in [-0.3, -0.25) is 9.59 Å². The largest absolute Gasteiger partial charge is 0.492 e. The number of nitrogens with zero attached hydrogens (tertiary/aromatic N) is 2. The van der Waals surface area contributed by atoms with Gasteiger partial charge in [-0.1, -0.05) is 12.1 Å². The minimum Gasteiger partial charge on any atom is -0.492 e. The third kappa shape index (κ3) is 2.76. The molecule has 5 nitrogen and oxygen atoms in total. The van der Waals surface area contributed by atoms with Gasteiger partial charge < -0.3 is 14.5 Å². The van der Waals surface area contributed by atoms with Crippen LogP contribution in [0.25, 0.3) is 0 Å². The van der Waals surface area contributed by atoms with E-state index in [1.807, 2.05) is 31.2 Å². The van der Waals surface area contributed by atoms with Gasteiger partial charge in [0.15, 0.2) is 0 Å². The molecule has 0 unspecified atom stereocenters. The number of benzene rings is 1. The van der Waals surface area contributed by atoms with Crippen molar-refractivity contribution >= 4 is 17.5 Å². The highest BCUT2D eigenvalue weighted by molar-refractivity contribution is 6.01. The summed E-state index contributed by atoms with van der Waals surface area (Å²) in [7, 11) is 3.42. The second-order valence-corrected chi connectivity index (χ2v) is 5.04. The Hall–Kier alpha value is -2.04. The molecular weight excluding hydrogens is 256 g/mol. The van der Waals surface area contributed by atoms with Crippen LogP contribution in [0.4, 0.5) is 5.69 Å².